The molecule has 0 unspecified atom stereocenters. The van der Waals surface area contributed by atoms with Crippen molar-refractivity contribution in [1.82, 2.24) is 5.32 Å². The van der Waals surface area contributed by atoms with Gasteiger partial charge in [0.2, 0.25) is 0 Å². The molecule has 0 spiro atoms. The van der Waals surface area contributed by atoms with Gasteiger partial charge in [-0.15, -0.1) is 0 Å². The number of phenols is 2. The number of nitrogens with one attached hydrogen (secondary N) is 1. The minimum absolute atomic E-state index is 0.0890. The lowest BCUT2D eigenvalue weighted by atomic mass is 10.1. The molecule has 0 heterocycles. The number of aromatic hydroxyl groups is 2. The first-order valence-corrected chi connectivity index (χ1v) is 7.70. The quantitative estimate of drug-likeness (QED) is 0.332. The maximum absolute atomic E-state index is 12.1. The van der Waals surface area contributed by atoms with E-state index in [4.69, 9.17) is 16.9 Å². The molecule has 0 saturated carbocycles. The summed E-state index contributed by atoms with van der Waals surface area (Å²) in [5.74, 6) is -1.11. The first-order valence-electron chi connectivity index (χ1n) is 7.32. The van der Waals surface area contributed by atoms with Crippen molar-refractivity contribution >= 4 is 23.6 Å². The van der Waals surface area contributed by atoms with Gasteiger partial charge in [-0.3, -0.25) is 4.79 Å². The lowest BCUT2D eigenvalue weighted by Crippen LogP contribution is -2.24. The summed E-state index contributed by atoms with van der Waals surface area (Å²) in [7, 11) is 0. The predicted molar refractivity (Wildman–Crippen MR) is 95.6 cm³/mol. The number of allylic oxidation sites excluding steroid dienone is 2. The Morgan fingerprint density at radius 3 is 2.52 bits per heavy atom. The van der Waals surface area contributed by atoms with Crippen LogP contribution in [0, 0.1) is 11.3 Å². The highest BCUT2D eigenvalue weighted by atomic mass is 35.5. The van der Waals surface area contributed by atoms with Crippen LogP contribution in [0.25, 0.3) is 6.08 Å². The van der Waals surface area contributed by atoms with E-state index in [9.17, 15) is 15.0 Å². The maximum Gasteiger partial charge on any atom is 0.262 e. The Morgan fingerprint density at radius 2 is 1.88 bits per heavy atom. The number of carbonyl (C=O) groups excluding carboxylic acids is 1. The van der Waals surface area contributed by atoms with Crippen LogP contribution in [-0.4, -0.2) is 16.1 Å². The van der Waals surface area contributed by atoms with Gasteiger partial charge in [0.15, 0.2) is 11.5 Å². The molecule has 5 nitrogen and oxygen atoms in total. The smallest absolute Gasteiger partial charge is 0.262 e. The van der Waals surface area contributed by atoms with Crippen LogP contribution in [-0.2, 0) is 11.3 Å². The second-order valence-corrected chi connectivity index (χ2v) is 5.55. The van der Waals surface area contributed by atoms with Crippen LogP contribution in [0.4, 0.5) is 0 Å². The Labute approximate surface area is 150 Å². The molecule has 0 fully saturated rings. The third-order valence-corrected chi connectivity index (χ3v) is 3.46. The van der Waals surface area contributed by atoms with Crippen LogP contribution < -0.4 is 5.32 Å². The Hall–Kier alpha value is -3.23. The van der Waals surface area contributed by atoms with E-state index in [1.165, 1.54) is 18.2 Å². The van der Waals surface area contributed by atoms with Crippen LogP contribution in [0.1, 0.15) is 11.1 Å². The van der Waals surface area contributed by atoms with Gasteiger partial charge in [0.25, 0.3) is 5.91 Å². The van der Waals surface area contributed by atoms with E-state index in [1.54, 1.807) is 12.1 Å². The molecule has 1 amide bonds. The largest absolute Gasteiger partial charge is 0.504 e. The van der Waals surface area contributed by atoms with Crippen molar-refractivity contribution < 1.29 is 15.0 Å². The zero-order valence-electron chi connectivity index (χ0n) is 13.1. The fraction of sp³-hybridized carbons (Fsp3) is 0.0526. The number of rotatable bonds is 5. The Morgan fingerprint density at radius 1 is 1.16 bits per heavy atom. The first kappa shape index (κ1) is 18.1. The predicted octanol–water partition coefficient (Wildman–Crippen LogP) is 3.44. The van der Waals surface area contributed by atoms with Crippen LogP contribution >= 0.6 is 11.6 Å². The summed E-state index contributed by atoms with van der Waals surface area (Å²) in [5.41, 5.74) is 1.29. The molecule has 0 radical (unpaired) electrons. The third-order valence-electron chi connectivity index (χ3n) is 3.24. The van der Waals surface area contributed by atoms with Gasteiger partial charge in [-0.05, 0) is 35.4 Å². The first-order chi connectivity index (χ1) is 12.0. The van der Waals surface area contributed by atoms with Crippen molar-refractivity contribution in [3.63, 3.8) is 0 Å². The number of hydrogen-bond donors (Lipinski definition) is 3. The summed E-state index contributed by atoms with van der Waals surface area (Å²) in [6.45, 7) is 0.0890. The van der Waals surface area contributed by atoms with Crippen molar-refractivity contribution in [2.45, 2.75) is 6.54 Å². The van der Waals surface area contributed by atoms with Crippen molar-refractivity contribution in [2.75, 3.05) is 0 Å². The van der Waals surface area contributed by atoms with Crippen molar-refractivity contribution in [3.05, 3.63) is 76.3 Å². The second-order valence-electron chi connectivity index (χ2n) is 5.12. The molecule has 2 aromatic rings. The molecule has 0 aliphatic heterocycles. The molecule has 2 aromatic carbocycles. The highest BCUT2D eigenvalue weighted by Gasteiger charge is 2.10. The highest BCUT2D eigenvalue weighted by Crippen LogP contribution is 2.24. The van der Waals surface area contributed by atoms with Gasteiger partial charge in [-0.2, -0.15) is 5.26 Å². The number of hydrogen-bond acceptors (Lipinski definition) is 4. The van der Waals surface area contributed by atoms with Gasteiger partial charge in [-0.1, -0.05) is 48.0 Å². The molecule has 2 rings (SSSR count). The van der Waals surface area contributed by atoms with Crippen LogP contribution in [0.2, 0.25) is 0 Å². The summed E-state index contributed by atoms with van der Waals surface area (Å²) < 4.78 is 0. The molecular weight excluding hydrogens is 340 g/mol. The van der Waals surface area contributed by atoms with Crippen molar-refractivity contribution in [1.29, 1.82) is 5.26 Å². The van der Waals surface area contributed by atoms with Gasteiger partial charge in [0.1, 0.15) is 11.6 Å². The molecule has 0 aromatic heterocycles. The standard InChI is InChI=1S/C19H15ClN2O3/c20-16(8-13-4-2-1-3-5-13)10-15(11-21)19(25)22-12-14-6-7-17(23)18(24)9-14/h1-10,23-24H,12H2,(H,22,25)/b15-10+,16-8-. The van der Waals surface area contributed by atoms with Crippen LogP contribution in [0.3, 0.4) is 0 Å². The van der Waals surface area contributed by atoms with E-state index < -0.39 is 5.91 Å². The zero-order chi connectivity index (χ0) is 18.2. The van der Waals surface area contributed by atoms with Crippen LogP contribution in [0.15, 0.2) is 65.2 Å². The average molecular weight is 355 g/mol. The van der Waals surface area contributed by atoms with Gasteiger partial charge < -0.3 is 15.5 Å². The fourth-order valence-corrected chi connectivity index (χ4v) is 2.23. The Bertz CT molecular complexity index is 868. The number of phenolic OH excluding ortho intramolecular Hbond substituents is 2. The molecule has 0 saturated heterocycles. The molecule has 6 heteroatoms. The van der Waals surface area contributed by atoms with Gasteiger partial charge in [-0.25, -0.2) is 0 Å². The number of benzene rings is 2. The molecule has 0 aliphatic rings. The maximum atomic E-state index is 12.1. The molecule has 126 valence electrons. The van der Waals surface area contributed by atoms with E-state index >= 15 is 0 Å². The normalized spacial score (nSPS) is 11.7. The zero-order valence-corrected chi connectivity index (χ0v) is 13.9. The number of nitriles is 1. The summed E-state index contributed by atoms with van der Waals surface area (Å²) in [6.07, 6.45) is 2.93. The lowest BCUT2D eigenvalue weighted by Gasteiger charge is -2.06. The summed E-state index contributed by atoms with van der Waals surface area (Å²) in [6, 6.07) is 15.3. The average Bonchev–Trinajstić information content (AvgIpc) is 2.61. The van der Waals surface area contributed by atoms with Crippen LogP contribution in [0.5, 0.6) is 11.5 Å². The molecule has 0 bridgehead atoms. The molecule has 25 heavy (non-hydrogen) atoms. The Balaban J connectivity index is 2.06. The number of halogens is 1. The van der Waals surface area contributed by atoms with Gasteiger partial charge in [0.05, 0.1) is 0 Å². The number of carbonyl (C=O) groups is 1. The van der Waals surface area contributed by atoms with Crippen molar-refractivity contribution in [3.8, 4) is 17.6 Å². The van der Waals surface area contributed by atoms with E-state index in [0.717, 1.165) is 5.56 Å². The lowest BCUT2D eigenvalue weighted by molar-refractivity contribution is -0.117. The SMILES string of the molecule is N#C/C(=C\C(Cl)=C\c1ccccc1)C(=O)NCc1ccc(O)c(O)c1. The van der Waals surface area contributed by atoms with E-state index in [2.05, 4.69) is 5.32 Å². The minimum atomic E-state index is -0.588. The van der Waals surface area contributed by atoms with E-state index in [-0.39, 0.29) is 28.6 Å². The third kappa shape index (κ3) is 5.41. The topological polar surface area (TPSA) is 93.4 Å². The second kappa shape index (κ2) is 8.57. The van der Waals surface area contributed by atoms with Gasteiger partial charge in [0, 0.05) is 11.6 Å². The summed E-state index contributed by atoms with van der Waals surface area (Å²) in [4.78, 5) is 12.1. The van der Waals surface area contributed by atoms with Gasteiger partial charge >= 0.3 is 0 Å². The minimum Gasteiger partial charge on any atom is -0.504 e. The van der Waals surface area contributed by atoms with E-state index in [0.29, 0.717) is 5.56 Å². The highest BCUT2D eigenvalue weighted by molar-refractivity contribution is 6.33. The summed E-state index contributed by atoms with van der Waals surface area (Å²) >= 11 is 6.08. The van der Waals surface area contributed by atoms with E-state index in [1.807, 2.05) is 36.4 Å². The molecular formula is C19H15ClN2O3. The molecule has 0 aliphatic carbocycles. The number of amides is 1. The fourth-order valence-electron chi connectivity index (χ4n) is 1.99. The monoisotopic (exact) mass is 354 g/mol. The summed E-state index contributed by atoms with van der Waals surface area (Å²) in [5, 5.41) is 30.6. The molecule has 3 N–H and O–H groups in total. The van der Waals surface area contributed by atoms with Crippen molar-refractivity contribution in [2.24, 2.45) is 0 Å². The molecule has 0 atom stereocenters. The number of nitrogens with zero attached hydrogens (tertiary/aromatic N) is 1. The Kier molecular flexibility index (Phi) is 6.21.